The number of nitrogens with zero attached hydrogens (tertiary/aromatic N) is 2. The van der Waals surface area contributed by atoms with E-state index in [0.29, 0.717) is 18.1 Å². The van der Waals surface area contributed by atoms with Crippen LogP contribution in [-0.4, -0.2) is 58.2 Å². The van der Waals surface area contributed by atoms with Crippen LogP contribution in [0.2, 0.25) is 0 Å². The number of anilines is 1. The fraction of sp³-hybridized carbons (Fsp3) is 0.548. The Morgan fingerprint density at radius 1 is 1.06 bits per heavy atom. The van der Waals surface area contributed by atoms with E-state index in [0.717, 1.165) is 37.5 Å². The number of halogens is 1. The Labute approximate surface area is 214 Å². The molecule has 5 heteroatoms. The minimum atomic E-state index is -0.812. The van der Waals surface area contributed by atoms with Crippen molar-refractivity contribution >= 4 is 16.6 Å². The van der Waals surface area contributed by atoms with E-state index in [1.165, 1.54) is 53.4 Å². The Morgan fingerprint density at radius 3 is 2.53 bits per heavy atom. The van der Waals surface area contributed by atoms with Crippen LogP contribution in [-0.2, 0) is 6.42 Å². The van der Waals surface area contributed by atoms with Gasteiger partial charge in [0.05, 0.1) is 12.1 Å². The zero-order valence-corrected chi connectivity index (χ0v) is 21.6. The summed E-state index contributed by atoms with van der Waals surface area (Å²) in [4.78, 5) is 8.99. The quantitative estimate of drug-likeness (QED) is 0.430. The molecule has 4 nitrogen and oxygen atoms in total. The number of benzene rings is 2. The van der Waals surface area contributed by atoms with E-state index in [4.69, 9.17) is 0 Å². The second-order valence-corrected chi connectivity index (χ2v) is 12.0. The molecule has 2 aliphatic heterocycles. The van der Waals surface area contributed by atoms with Crippen LogP contribution in [0.5, 0.6) is 0 Å². The molecule has 2 aromatic carbocycles. The van der Waals surface area contributed by atoms with Gasteiger partial charge in [0.15, 0.2) is 0 Å². The second kappa shape index (κ2) is 8.59. The first kappa shape index (κ1) is 22.8. The summed E-state index contributed by atoms with van der Waals surface area (Å²) in [6.45, 7) is 6.91. The first-order valence-electron chi connectivity index (χ1n) is 14.2. The molecule has 3 heterocycles. The van der Waals surface area contributed by atoms with Crippen molar-refractivity contribution in [3.63, 3.8) is 0 Å². The molecule has 0 radical (unpaired) electrons. The van der Waals surface area contributed by atoms with Gasteiger partial charge < -0.3 is 10.3 Å². The summed E-state index contributed by atoms with van der Waals surface area (Å²) in [5, 5.41) is 4.88. The molecule has 1 aromatic heterocycles. The molecule has 3 fully saturated rings. The number of para-hydroxylation sites is 1. The summed E-state index contributed by atoms with van der Waals surface area (Å²) in [5.74, 6) is 0.865. The van der Waals surface area contributed by atoms with Crippen molar-refractivity contribution in [2.75, 3.05) is 25.0 Å². The Hall–Kier alpha value is -2.37. The third kappa shape index (κ3) is 3.39. The Bertz CT molecular complexity index is 1240. The lowest BCUT2D eigenvalue weighted by atomic mass is 9.51. The molecule has 0 bridgehead atoms. The fourth-order valence-electron chi connectivity index (χ4n) is 8.04. The number of fused-ring (bicyclic) bond motifs is 4. The monoisotopic (exact) mass is 486 g/mol. The van der Waals surface area contributed by atoms with Gasteiger partial charge in [-0.1, -0.05) is 37.3 Å². The van der Waals surface area contributed by atoms with Crippen LogP contribution < -0.4 is 5.32 Å². The molecule has 0 amide bonds. The van der Waals surface area contributed by atoms with Crippen LogP contribution in [0.3, 0.4) is 0 Å². The SMILES string of the molecule is CCCN1C[C@@H](F)[C@@H](Nc2ccc([C@@H]3c4[nH]c5ccccc5c4C[C@@H](C)N3C34CCC3CC4)cc2)C1. The van der Waals surface area contributed by atoms with Crippen LogP contribution >= 0.6 is 0 Å². The predicted octanol–water partition coefficient (Wildman–Crippen LogP) is 6.29. The van der Waals surface area contributed by atoms with Gasteiger partial charge in [-0.25, -0.2) is 4.39 Å². The molecule has 4 atom stereocenters. The maximum atomic E-state index is 14.7. The highest BCUT2D eigenvalue weighted by Crippen LogP contribution is 2.61. The van der Waals surface area contributed by atoms with Gasteiger partial charge in [0, 0.05) is 47.0 Å². The third-order valence-electron chi connectivity index (χ3n) is 9.94. The largest absolute Gasteiger partial charge is 0.378 e. The minimum Gasteiger partial charge on any atom is -0.378 e. The smallest absolute Gasteiger partial charge is 0.134 e. The number of aromatic amines is 1. The van der Waals surface area contributed by atoms with Crippen molar-refractivity contribution < 1.29 is 4.39 Å². The van der Waals surface area contributed by atoms with E-state index in [2.05, 4.69) is 82.5 Å². The lowest BCUT2D eigenvalue weighted by molar-refractivity contribution is -0.153. The summed E-state index contributed by atoms with van der Waals surface area (Å²) in [6, 6.07) is 18.4. The molecule has 3 aromatic rings. The molecule has 4 aliphatic rings. The van der Waals surface area contributed by atoms with Crippen molar-refractivity contribution in [3.8, 4) is 0 Å². The van der Waals surface area contributed by atoms with Gasteiger partial charge >= 0.3 is 0 Å². The van der Waals surface area contributed by atoms with Gasteiger partial charge in [-0.05, 0) is 87.2 Å². The van der Waals surface area contributed by atoms with Crippen molar-refractivity contribution in [1.29, 1.82) is 0 Å². The second-order valence-electron chi connectivity index (χ2n) is 12.0. The van der Waals surface area contributed by atoms with Crippen LogP contribution in [0.25, 0.3) is 10.9 Å². The Kier molecular flexibility index (Phi) is 5.44. The van der Waals surface area contributed by atoms with Crippen molar-refractivity contribution in [1.82, 2.24) is 14.8 Å². The topological polar surface area (TPSA) is 34.3 Å². The van der Waals surface area contributed by atoms with Gasteiger partial charge in [0.25, 0.3) is 0 Å². The highest BCUT2D eigenvalue weighted by molar-refractivity contribution is 5.85. The van der Waals surface area contributed by atoms with Crippen LogP contribution in [0.1, 0.15) is 68.8 Å². The lowest BCUT2D eigenvalue weighted by Crippen LogP contribution is -2.69. The molecule has 7 rings (SSSR count). The van der Waals surface area contributed by atoms with Gasteiger partial charge in [-0.3, -0.25) is 9.80 Å². The van der Waals surface area contributed by atoms with Crippen LogP contribution in [0.4, 0.5) is 10.1 Å². The number of alkyl halides is 1. The van der Waals surface area contributed by atoms with Gasteiger partial charge in [0.2, 0.25) is 0 Å². The van der Waals surface area contributed by atoms with E-state index in [1.54, 1.807) is 0 Å². The normalized spacial score (nSPS) is 34.1. The van der Waals surface area contributed by atoms with Crippen molar-refractivity contribution in [3.05, 3.63) is 65.4 Å². The van der Waals surface area contributed by atoms with Gasteiger partial charge in [0.1, 0.15) is 6.17 Å². The Morgan fingerprint density at radius 2 is 1.83 bits per heavy atom. The zero-order chi connectivity index (χ0) is 24.4. The number of likely N-dealkylation sites (tertiary alicyclic amines) is 1. The molecular formula is C31H39FN4. The zero-order valence-electron chi connectivity index (χ0n) is 21.6. The average molecular weight is 487 g/mol. The van der Waals surface area contributed by atoms with E-state index in [-0.39, 0.29) is 12.1 Å². The number of rotatable bonds is 6. The van der Waals surface area contributed by atoms with Crippen molar-refractivity contribution in [2.45, 2.75) is 82.2 Å². The fourth-order valence-corrected chi connectivity index (χ4v) is 8.04. The third-order valence-corrected chi connectivity index (χ3v) is 9.94. The van der Waals surface area contributed by atoms with E-state index in [1.807, 2.05) is 0 Å². The molecule has 0 unspecified atom stereocenters. The average Bonchev–Trinajstić information content (AvgIpc) is 3.41. The van der Waals surface area contributed by atoms with Gasteiger partial charge in [-0.15, -0.1) is 0 Å². The number of hydrogen-bond acceptors (Lipinski definition) is 3. The lowest BCUT2D eigenvalue weighted by Gasteiger charge is -2.67. The standard InChI is InChI=1S/C31H39FN4/c1-3-16-35-18-26(32)28(19-35)33-23-10-8-21(9-11-23)30-29-25(24-6-4-5-7-27(24)34-29)17-20(2)36(30)31-14-12-22(31)13-15-31/h4-11,20,22,26,28,30,33-34H,3,12-19H2,1-2H3/t20-,22?,26-,28+,30-,31?/m1/s1. The number of hydrogen-bond donors (Lipinski definition) is 2. The molecule has 0 spiro atoms. The maximum Gasteiger partial charge on any atom is 0.134 e. The van der Waals surface area contributed by atoms with E-state index < -0.39 is 6.17 Å². The molecule has 2 N–H and O–H groups in total. The number of nitrogens with one attached hydrogen (secondary N) is 2. The number of H-pyrrole nitrogens is 1. The first-order chi connectivity index (χ1) is 17.6. The molecule has 2 aliphatic carbocycles. The summed E-state index contributed by atoms with van der Waals surface area (Å²) in [6.07, 6.45) is 6.81. The summed E-state index contributed by atoms with van der Waals surface area (Å²) in [5.41, 5.74) is 6.89. The molecule has 1 saturated heterocycles. The molecular weight excluding hydrogens is 447 g/mol. The molecule has 190 valence electrons. The highest BCUT2D eigenvalue weighted by Gasteiger charge is 2.60. The van der Waals surface area contributed by atoms with Crippen molar-refractivity contribution in [2.24, 2.45) is 5.92 Å². The van der Waals surface area contributed by atoms with Gasteiger partial charge in [-0.2, -0.15) is 0 Å². The van der Waals surface area contributed by atoms with E-state index >= 15 is 0 Å². The van der Waals surface area contributed by atoms with Crippen LogP contribution in [0, 0.1) is 5.92 Å². The molecule has 2 saturated carbocycles. The summed E-state index contributed by atoms with van der Waals surface area (Å²) in [7, 11) is 0. The Balaban J connectivity index is 1.22. The van der Waals surface area contributed by atoms with E-state index in [9.17, 15) is 4.39 Å². The highest BCUT2D eigenvalue weighted by atomic mass is 19.1. The first-order valence-corrected chi connectivity index (χ1v) is 14.2. The maximum absolute atomic E-state index is 14.7. The summed E-state index contributed by atoms with van der Waals surface area (Å²) >= 11 is 0. The summed E-state index contributed by atoms with van der Waals surface area (Å²) < 4.78 is 14.7. The van der Waals surface area contributed by atoms with Crippen LogP contribution in [0.15, 0.2) is 48.5 Å². The number of aromatic nitrogens is 1. The molecule has 36 heavy (non-hydrogen) atoms. The predicted molar refractivity (Wildman–Crippen MR) is 145 cm³/mol. The minimum absolute atomic E-state index is 0.126.